The van der Waals surface area contributed by atoms with Gasteiger partial charge in [0.25, 0.3) is 0 Å². The highest BCUT2D eigenvalue weighted by atomic mass is 32.2. The largest absolute Gasteiger partial charge is 0.463 e. The van der Waals surface area contributed by atoms with Crippen LogP contribution in [0.15, 0.2) is 10.5 Å². The van der Waals surface area contributed by atoms with Crippen molar-refractivity contribution < 1.29 is 34.1 Å². The number of aliphatic hydroxyl groups is 3. The van der Waals surface area contributed by atoms with Crippen molar-refractivity contribution in [3.63, 3.8) is 0 Å². The summed E-state index contributed by atoms with van der Waals surface area (Å²) in [6.45, 7) is 4.72. The van der Waals surface area contributed by atoms with Crippen molar-refractivity contribution in [2.45, 2.75) is 39.1 Å². The topological polar surface area (TPSA) is 117 Å². The molecule has 0 unspecified atom stereocenters. The smallest absolute Gasteiger partial charge is 0.341 e. The highest BCUT2D eigenvalue weighted by Gasteiger charge is 2.30. The van der Waals surface area contributed by atoms with Gasteiger partial charge in [0, 0.05) is 12.7 Å². The second-order valence-electron chi connectivity index (χ2n) is 4.64. The molecular formula is C14H20O7S. The van der Waals surface area contributed by atoms with Crippen LogP contribution >= 0.6 is 11.8 Å². The molecule has 0 aliphatic rings. The van der Waals surface area contributed by atoms with Gasteiger partial charge in [-0.1, -0.05) is 11.8 Å². The predicted molar refractivity (Wildman–Crippen MR) is 79.5 cm³/mol. The highest BCUT2D eigenvalue weighted by Crippen LogP contribution is 2.26. The van der Waals surface area contributed by atoms with E-state index in [1.54, 1.807) is 6.92 Å². The van der Waals surface area contributed by atoms with Crippen molar-refractivity contribution in [3.05, 3.63) is 23.2 Å². The second kappa shape index (κ2) is 8.33. The van der Waals surface area contributed by atoms with Gasteiger partial charge < -0.3 is 24.5 Å². The van der Waals surface area contributed by atoms with Gasteiger partial charge in [0.15, 0.2) is 5.12 Å². The third kappa shape index (κ3) is 4.84. The standard InChI is InChI=1S/C14H20O7S/c1-4-20-14(19)9-5-11(21-7(9)2)13(18)12(17)10(16)6-22-8(3)15/h5,10,12-13,16-18H,4,6H2,1-3H3/t10-,12-,13-/m1/s1. The highest BCUT2D eigenvalue weighted by molar-refractivity contribution is 8.13. The first kappa shape index (κ1) is 18.7. The number of esters is 1. The zero-order valence-corrected chi connectivity index (χ0v) is 13.4. The lowest BCUT2D eigenvalue weighted by molar-refractivity contribution is -0.109. The Balaban J connectivity index is 2.80. The maximum Gasteiger partial charge on any atom is 0.341 e. The molecule has 22 heavy (non-hydrogen) atoms. The molecule has 0 aliphatic heterocycles. The van der Waals surface area contributed by atoms with E-state index in [2.05, 4.69) is 0 Å². The Hall–Kier alpha value is -1.35. The molecule has 3 atom stereocenters. The lowest BCUT2D eigenvalue weighted by atomic mass is 10.1. The van der Waals surface area contributed by atoms with Gasteiger partial charge in [-0.25, -0.2) is 4.79 Å². The molecule has 3 N–H and O–H groups in total. The number of carbonyl (C=O) groups excluding carboxylic acids is 2. The summed E-state index contributed by atoms with van der Waals surface area (Å²) in [6.07, 6.45) is -4.39. The van der Waals surface area contributed by atoms with Gasteiger partial charge in [0.05, 0.1) is 12.7 Å². The summed E-state index contributed by atoms with van der Waals surface area (Å²) in [7, 11) is 0. The van der Waals surface area contributed by atoms with Gasteiger partial charge in [-0.15, -0.1) is 0 Å². The van der Waals surface area contributed by atoms with Crippen molar-refractivity contribution in [2.24, 2.45) is 0 Å². The number of thioether (sulfide) groups is 1. The van der Waals surface area contributed by atoms with Crippen molar-refractivity contribution in [2.75, 3.05) is 12.4 Å². The SMILES string of the molecule is CCOC(=O)c1cc([C@@H](O)[C@H](O)[C@H](O)CSC(C)=O)oc1C. The fourth-order valence-electron chi connectivity index (χ4n) is 1.74. The number of hydrogen-bond donors (Lipinski definition) is 3. The van der Waals surface area contributed by atoms with Crippen LogP contribution < -0.4 is 0 Å². The summed E-state index contributed by atoms with van der Waals surface area (Å²) in [6, 6.07) is 1.27. The summed E-state index contributed by atoms with van der Waals surface area (Å²) < 4.78 is 10.1. The average molecular weight is 332 g/mol. The van der Waals surface area contributed by atoms with Gasteiger partial charge in [0.2, 0.25) is 0 Å². The number of aliphatic hydroxyl groups excluding tert-OH is 3. The van der Waals surface area contributed by atoms with Crippen LogP contribution in [0.2, 0.25) is 0 Å². The van der Waals surface area contributed by atoms with Crippen molar-refractivity contribution in [1.82, 2.24) is 0 Å². The van der Waals surface area contributed by atoms with Crippen molar-refractivity contribution in [3.8, 4) is 0 Å². The number of aryl methyl sites for hydroxylation is 1. The quantitative estimate of drug-likeness (QED) is 0.628. The fraction of sp³-hybridized carbons (Fsp3) is 0.571. The van der Waals surface area contributed by atoms with Crippen molar-refractivity contribution in [1.29, 1.82) is 0 Å². The van der Waals surface area contributed by atoms with E-state index in [-0.39, 0.29) is 34.6 Å². The molecule has 0 radical (unpaired) electrons. The van der Waals surface area contributed by atoms with E-state index >= 15 is 0 Å². The van der Waals surface area contributed by atoms with E-state index in [9.17, 15) is 24.9 Å². The molecule has 0 saturated heterocycles. The number of rotatable bonds is 7. The first-order chi connectivity index (χ1) is 10.3. The van der Waals surface area contributed by atoms with Crippen LogP contribution in [0.25, 0.3) is 0 Å². The van der Waals surface area contributed by atoms with E-state index < -0.39 is 24.3 Å². The molecule has 0 aromatic carbocycles. The Morgan fingerprint density at radius 1 is 1.36 bits per heavy atom. The van der Waals surface area contributed by atoms with E-state index in [1.807, 2.05) is 0 Å². The van der Waals surface area contributed by atoms with Gasteiger partial charge in [-0.3, -0.25) is 4.79 Å². The van der Waals surface area contributed by atoms with E-state index in [4.69, 9.17) is 9.15 Å². The van der Waals surface area contributed by atoms with Crippen LogP contribution in [0, 0.1) is 6.92 Å². The zero-order chi connectivity index (χ0) is 16.9. The molecular weight excluding hydrogens is 312 g/mol. The summed E-state index contributed by atoms with van der Waals surface area (Å²) >= 11 is 0.835. The molecule has 1 aromatic heterocycles. The molecule has 7 nitrogen and oxygen atoms in total. The molecule has 0 aliphatic carbocycles. The third-order valence-corrected chi connectivity index (χ3v) is 3.81. The molecule has 0 saturated carbocycles. The van der Waals surface area contributed by atoms with E-state index in [0.717, 1.165) is 11.8 Å². The Bertz CT molecular complexity index is 525. The molecule has 1 rings (SSSR count). The molecule has 0 bridgehead atoms. The Morgan fingerprint density at radius 3 is 2.55 bits per heavy atom. The molecule has 0 amide bonds. The summed E-state index contributed by atoms with van der Waals surface area (Å²) in [5, 5.41) is 29.5. The van der Waals surface area contributed by atoms with Crippen LogP contribution in [-0.4, -0.2) is 51.0 Å². The van der Waals surface area contributed by atoms with Crippen LogP contribution in [0.3, 0.4) is 0 Å². The summed E-state index contributed by atoms with van der Waals surface area (Å²) in [5.41, 5.74) is 0.149. The maximum absolute atomic E-state index is 11.7. The van der Waals surface area contributed by atoms with Gasteiger partial charge in [0.1, 0.15) is 29.3 Å². The van der Waals surface area contributed by atoms with Gasteiger partial charge in [-0.2, -0.15) is 0 Å². The van der Waals surface area contributed by atoms with Gasteiger partial charge >= 0.3 is 5.97 Å². The van der Waals surface area contributed by atoms with E-state index in [0.29, 0.717) is 0 Å². The molecule has 124 valence electrons. The minimum atomic E-state index is -1.55. The Kier molecular flexibility index (Phi) is 7.08. The molecule has 0 spiro atoms. The lowest BCUT2D eigenvalue weighted by Crippen LogP contribution is -2.34. The second-order valence-corrected chi connectivity index (χ2v) is 5.84. The number of carbonyl (C=O) groups is 2. The van der Waals surface area contributed by atoms with Gasteiger partial charge in [-0.05, 0) is 19.9 Å². The Morgan fingerprint density at radius 2 is 2.00 bits per heavy atom. The lowest BCUT2D eigenvalue weighted by Gasteiger charge is -2.20. The molecule has 8 heteroatoms. The average Bonchev–Trinajstić information content (AvgIpc) is 2.85. The summed E-state index contributed by atoms with van der Waals surface area (Å²) in [5.74, 6) is -0.463. The number of hydrogen-bond acceptors (Lipinski definition) is 8. The van der Waals surface area contributed by atoms with Crippen LogP contribution in [0.4, 0.5) is 0 Å². The molecule has 1 heterocycles. The zero-order valence-electron chi connectivity index (χ0n) is 12.6. The first-order valence-corrected chi connectivity index (χ1v) is 7.71. The minimum absolute atomic E-state index is 0.0556. The fourth-order valence-corrected chi connectivity index (χ4v) is 2.35. The Labute approximate surface area is 132 Å². The first-order valence-electron chi connectivity index (χ1n) is 6.72. The maximum atomic E-state index is 11.7. The molecule has 0 fully saturated rings. The minimum Gasteiger partial charge on any atom is -0.463 e. The third-order valence-electron chi connectivity index (χ3n) is 2.90. The summed E-state index contributed by atoms with van der Waals surface area (Å²) in [4.78, 5) is 22.5. The van der Waals surface area contributed by atoms with E-state index in [1.165, 1.54) is 19.9 Å². The van der Waals surface area contributed by atoms with Crippen molar-refractivity contribution >= 4 is 22.8 Å². The monoisotopic (exact) mass is 332 g/mol. The van der Waals surface area contributed by atoms with Crippen LogP contribution in [0.1, 0.15) is 41.8 Å². The molecule has 1 aromatic rings. The normalized spacial score (nSPS) is 15.2. The predicted octanol–water partition coefficient (Wildman–Crippen LogP) is 0.800. The van der Waals surface area contributed by atoms with Crippen LogP contribution in [0.5, 0.6) is 0 Å². The number of ether oxygens (including phenoxy) is 1. The van der Waals surface area contributed by atoms with Crippen LogP contribution in [-0.2, 0) is 9.53 Å². The number of furan rings is 1.